The van der Waals surface area contributed by atoms with E-state index in [0.717, 1.165) is 22.2 Å². The molecule has 0 aliphatic heterocycles. The van der Waals surface area contributed by atoms with Gasteiger partial charge in [-0.1, -0.05) is 18.7 Å². The molecule has 1 N–H and O–H groups in total. The highest BCUT2D eigenvalue weighted by Gasteiger charge is 2.15. The van der Waals surface area contributed by atoms with Gasteiger partial charge in [0.25, 0.3) is 5.91 Å². The van der Waals surface area contributed by atoms with Crippen LogP contribution in [0.3, 0.4) is 0 Å². The number of aromatic amines is 1. The number of amides is 1. The van der Waals surface area contributed by atoms with E-state index in [0.29, 0.717) is 22.5 Å². The average Bonchev–Trinajstić information content (AvgIpc) is 3.15. The number of nitrogens with zero attached hydrogens (tertiary/aromatic N) is 4. The summed E-state index contributed by atoms with van der Waals surface area (Å²) in [6, 6.07) is 3.73. The van der Waals surface area contributed by atoms with Crippen molar-refractivity contribution >= 4 is 22.5 Å². The molecule has 0 fully saturated rings. The van der Waals surface area contributed by atoms with Crippen LogP contribution in [0.25, 0.3) is 27.9 Å². The van der Waals surface area contributed by atoms with Gasteiger partial charge in [-0.2, -0.15) is 5.10 Å². The standard InChI is InChI=1S/C22H23N5O2/c1-6-7-15(22(28)27(3)4)10-14(2)16-11-17-20(25-26-21(17)24-12-16)18-13-23-9-8-19(18)29-5/h6-13H,2H2,1,3-5H3,(H,24,25,26)/b7-6-,15-10+. The van der Waals surface area contributed by atoms with Crippen molar-refractivity contribution in [1.29, 1.82) is 0 Å². The number of H-pyrrole nitrogens is 1. The highest BCUT2D eigenvalue weighted by atomic mass is 16.5. The molecule has 0 saturated carbocycles. The van der Waals surface area contributed by atoms with Crippen molar-refractivity contribution in [3.05, 3.63) is 66.7 Å². The summed E-state index contributed by atoms with van der Waals surface area (Å²) in [5.41, 5.74) is 4.13. The largest absolute Gasteiger partial charge is 0.496 e. The third-order valence-corrected chi connectivity index (χ3v) is 4.38. The Morgan fingerprint density at radius 2 is 2.10 bits per heavy atom. The first-order chi connectivity index (χ1) is 14.0. The Kier molecular flexibility index (Phi) is 5.87. The van der Waals surface area contributed by atoms with Gasteiger partial charge in [-0.05, 0) is 30.7 Å². The van der Waals surface area contributed by atoms with Crippen LogP contribution in [0.4, 0.5) is 0 Å². The van der Waals surface area contributed by atoms with E-state index in [2.05, 4.69) is 26.7 Å². The number of nitrogens with one attached hydrogen (secondary N) is 1. The molecule has 0 unspecified atom stereocenters. The molecular formula is C22H23N5O2. The van der Waals surface area contributed by atoms with Gasteiger partial charge in [-0.15, -0.1) is 0 Å². The number of hydrogen-bond acceptors (Lipinski definition) is 5. The molecule has 0 spiro atoms. The van der Waals surface area contributed by atoms with E-state index >= 15 is 0 Å². The Hall–Kier alpha value is -3.74. The molecule has 0 saturated heterocycles. The minimum Gasteiger partial charge on any atom is -0.496 e. The van der Waals surface area contributed by atoms with Crippen molar-refractivity contribution in [2.45, 2.75) is 6.92 Å². The topological polar surface area (TPSA) is 84.0 Å². The quantitative estimate of drug-likeness (QED) is 0.514. The molecule has 0 aliphatic carbocycles. The first-order valence-corrected chi connectivity index (χ1v) is 9.04. The third kappa shape index (κ3) is 4.08. The summed E-state index contributed by atoms with van der Waals surface area (Å²) < 4.78 is 5.44. The number of likely N-dealkylation sites (N-methyl/N-ethyl adjacent to an activating group) is 1. The van der Waals surface area contributed by atoms with E-state index in [1.807, 2.05) is 19.1 Å². The number of carbonyl (C=O) groups excluding carboxylic acids is 1. The molecule has 1 amide bonds. The molecule has 148 valence electrons. The monoisotopic (exact) mass is 389 g/mol. The molecule has 7 heteroatoms. The van der Waals surface area contributed by atoms with Gasteiger partial charge in [0.05, 0.1) is 18.4 Å². The van der Waals surface area contributed by atoms with Crippen molar-refractivity contribution in [2.75, 3.05) is 21.2 Å². The van der Waals surface area contributed by atoms with Gasteiger partial charge in [-0.3, -0.25) is 14.9 Å². The van der Waals surface area contributed by atoms with Gasteiger partial charge in [0.2, 0.25) is 0 Å². The molecule has 0 atom stereocenters. The van der Waals surface area contributed by atoms with Gasteiger partial charge >= 0.3 is 0 Å². The zero-order chi connectivity index (χ0) is 21.0. The van der Waals surface area contributed by atoms with Crippen LogP contribution in [0.5, 0.6) is 5.75 Å². The maximum Gasteiger partial charge on any atom is 0.253 e. The molecular weight excluding hydrogens is 366 g/mol. The minimum absolute atomic E-state index is 0.0950. The Morgan fingerprint density at radius 1 is 1.31 bits per heavy atom. The molecule has 7 nitrogen and oxygen atoms in total. The molecule has 0 aliphatic rings. The zero-order valence-corrected chi connectivity index (χ0v) is 16.9. The van der Waals surface area contributed by atoms with E-state index in [9.17, 15) is 4.79 Å². The number of pyridine rings is 2. The highest BCUT2D eigenvalue weighted by Crippen LogP contribution is 2.33. The lowest BCUT2D eigenvalue weighted by molar-refractivity contribution is -0.124. The highest BCUT2D eigenvalue weighted by molar-refractivity contribution is 5.99. The second kappa shape index (κ2) is 8.52. The average molecular weight is 389 g/mol. The summed E-state index contributed by atoms with van der Waals surface area (Å²) in [6.07, 6.45) is 10.4. The number of rotatable bonds is 6. The molecule has 3 heterocycles. The first-order valence-electron chi connectivity index (χ1n) is 9.04. The molecule has 0 radical (unpaired) electrons. The van der Waals surface area contributed by atoms with Crippen LogP contribution in [-0.4, -0.2) is 52.2 Å². The smallest absolute Gasteiger partial charge is 0.253 e. The SMILES string of the molecule is C=C(/C=C(\C=C/C)C(=O)N(C)C)c1cnc2n[nH]c(-c3cnccc3OC)c2c1. The number of methoxy groups -OCH3 is 1. The molecule has 0 bridgehead atoms. The maximum atomic E-state index is 12.4. The number of hydrogen-bond donors (Lipinski definition) is 1. The minimum atomic E-state index is -0.0950. The summed E-state index contributed by atoms with van der Waals surface area (Å²) in [6.45, 7) is 5.99. The Labute approximate surface area is 169 Å². The van der Waals surface area contributed by atoms with Gasteiger partial charge in [0.15, 0.2) is 5.65 Å². The number of fused-ring (bicyclic) bond motifs is 1. The fourth-order valence-corrected chi connectivity index (χ4v) is 2.92. The van der Waals surface area contributed by atoms with E-state index in [1.165, 1.54) is 4.90 Å². The lowest BCUT2D eigenvalue weighted by Gasteiger charge is -2.11. The van der Waals surface area contributed by atoms with Crippen molar-refractivity contribution in [3.63, 3.8) is 0 Å². The van der Waals surface area contributed by atoms with Crippen LogP contribution in [0.2, 0.25) is 0 Å². The van der Waals surface area contributed by atoms with Crippen LogP contribution in [0.15, 0.2) is 61.1 Å². The molecule has 3 rings (SSSR count). The van der Waals surface area contributed by atoms with Crippen LogP contribution in [-0.2, 0) is 4.79 Å². The molecule has 3 aromatic heterocycles. The van der Waals surface area contributed by atoms with E-state index in [-0.39, 0.29) is 5.91 Å². The Balaban J connectivity index is 2.06. The number of allylic oxidation sites excluding steroid dienone is 3. The third-order valence-electron chi connectivity index (χ3n) is 4.38. The Morgan fingerprint density at radius 3 is 2.79 bits per heavy atom. The predicted molar refractivity (Wildman–Crippen MR) is 114 cm³/mol. The fraction of sp³-hybridized carbons (Fsp3) is 0.182. The van der Waals surface area contributed by atoms with Gasteiger partial charge in [-0.25, -0.2) is 4.98 Å². The molecule has 29 heavy (non-hydrogen) atoms. The van der Waals surface area contributed by atoms with Crippen LogP contribution in [0.1, 0.15) is 12.5 Å². The normalized spacial score (nSPS) is 11.8. The Bertz CT molecular complexity index is 1130. The van der Waals surface area contributed by atoms with Crippen molar-refractivity contribution in [3.8, 4) is 17.0 Å². The van der Waals surface area contributed by atoms with Crippen LogP contribution >= 0.6 is 0 Å². The van der Waals surface area contributed by atoms with Crippen LogP contribution in [0, 0.1) is 0 Å². The summed E-state index contributed by atoms with van der Waals surface area (Å²) in [5.74, 6) is 0.587. The van der Waals surface area contributed by atoms with Gasteiger partial charge < -0.3 is 9.64 Å². The van der Waals surface area contributed by atoms with Crippen LogP contribution < -0.4 is 4.74 Å². The summed E-state index contributed by atoms with van der Waals surface area (Å²) in [7, 11) is 5.04. The fourth-order valence-electron chi connectivity index (χ4n) is 2.92. The summed E-state index contributed by atoms with van der Waals surface area (Å²) in [5, 5.41) is 8.11. The van der Waals surface area contributed by atoms with Crippen molar-refractivity contribution in [1.82, 2.24) is 25.1 Å². The number of carbonyl (C=O) groups is 1. The van der Waals surface area contributed by atoms with Crippen molar-refractivity contribution < 1.29 is 9.53 Å². The maximum absolute atomic E-state index is 12.4. The summed E-state index contributed by atoms with van der Waals surface area (Å²) in [4.78, 5) is 22.5. The number of ether oxygens (including phenoxy) is 1. The second-order valence-electron chi connectivity index (χ2n) is 6.59. The van der Waals surface area contributed by atoms with E-state index in [4.69, 9.17) is 4.74 Å². The van der Waals surface area contributed by atoms with Gasteiger partial charge in [0.1, 0.15) is 5.75 Å². The first kappa shape index (κ1) is 20.0. The van der Waals surface area contributed by atoms with E-state index in [1.54, 1.807) is 58.0 Å². The lowest BCUT2D eigenvalue weighted by atomic mass is 10.0. The zero-order valence-electron chi connectivity index (χ0n) is 16.9. The predicted octanol–water partition coefficient (Wildman–Crippen LogP) is 3.63. The van der Waals surface area contributed by atoms with Gasteiger partial charge in [0, 0.05) is 49.2 Å². The van der Waals surface area contributed by atoms with E-state index < -0.39 is 0 Å². The number of aromatic nitrogens is 4. The second-order valence-corrected chi connectivity index (χ2v) is 6.59. The lowest BCUT2D eigenvalue weighted by Crippen LogP contribution is -2.22. The molecule has 3 aromatic rings. The van der Waals surface area contributed by atoms with Crippen molar-refractivity contribution in [2.24, 2.45) is 0 Å². The molecule has 0 aromatic carbocycles. The summed E-state index contributed by atoms with van der Waals surface area (Å²) >= 11 is 0.